The van der Waals surface area contributed by atoms with Gasteiger partial charge in [-0.1, -0.05) is 22.9 Å². The number of methoxy groups -OCH3 is 1. The number of nitrogens with zero attached hydrogens (tertiary/aromatic N) is 2. The Kier molecular flexibility index (Phi) is 8.30. The van der Waals surface area contributed by atoms with Crippen molar-refractivity contribution >= 4 is 17.6 Å². The Morgan fingerprint density at radius 2 is 1.85 bits per heavy atom. The lowest BCUT2D eigenvalue weighted by atomic mass is 10.1. The van der Waals surface area contributed by atoms with Gasteiger partial charge in [0.15, 0.2) is 6.04 Å². The summed E-state index contributed by atoms with van der Waals surface area (Å²) < 4.78 is 10.2. The highest BCUT2D eigenvalue weighted by Crippen LogP contribution is 2.16. The highest BCUT2D eigenvalue weighted by atomic mass is 16.5. The molecule has 0 fully saturated rings. The van der Waals surface area contributed by atoms with E-state index in [-0.39, 0.29) is 17.2 Å². The largest absolute Gasteiger partial charge is 0.490 e. The number of esters is 1. The molecule has 0 radical (unpaired) electrons. The number of amides is 1. The topological polar surface area (TPSA) is 109 Å². The van der Waals surface area contributed by atoms with Crippen LogP contribution in [0, 0.1) is 0 Å². The number of oxime groups is 1. The first-order valence-electron chi connectivity index (χ1n) is 7.94. The van der Waals surface area contributed by atoms with Crippen molar-refractivity contribution in [1.29, 1.82) is 0 Å². The van der Waals surface area contributed by atoms with E-state index in [0.29, 0.717) is 17.9 Å². The first-order chi connectivity index (χ1) is 12.3. The van der Waals surface area contributed by atoms with Crippen LogP contribution < -0.4 is 4.74 Å². The van der Waals surface area contributed by atoms with Crippen molar-refractivity contribution in [3.05, 3.63) is 41.5 Å². The molecule has 1 aromatic carbocycles. The van der Waals surface area contributed by atoms with Crippen LogP contribution in [0.5, 0.6) is 5.75 Å². The summed E-state index contributed by atoms with van der Waals surface area (Å²) in [5.41, 5.74) is 1.47. The molecule has 0 bridgehead atoms. The molecule has 1 aromatic rings. The summed E-state index contributed by atoms with van der Waals surface area (Å²) in [6.45, 7) is 5.61. The van der Waals surface area contributed by atoms with Crippen LogP contribution >= 0.6 is 0 Å². The summed E-state index contributed by atoms with van der Waals surface area (Å²) in [6, 6.07) is 5.62. The maximum Gasteiger partial charge on any atom is 0.331 e. The van der Waals surface area contributed by atoms with Gasteiger partial charge < -0.3 is 14.7 Å². The fraction of sp³-hybridized carbons (Fsp3) is 0.389. The molecule has 0 spiro atoms. The SMILES string of the molecule is COC(=O)C(Cc1ccc(OCC=C(C)C)cc1)N(O)C(=O)/C(C)=N/O. The standard InChI is InChI=1S/C18H24N2O6/c1-12(2)9-10-26-15-7-5-14(6-8-15)11-16(18(22)25-4)20(24)17(21)13(3)19-23/h5-9,16,23-24H,10-11H2,1-4H3/b19-13+. The zero-order chi connectivity index (χ0) is 19.7. The highest BCUT2D eigenvalue weighted by molar-refractivity contribution is 6.37. The molecule has 26 heavy (non-hydrogen) atoms. The van der Waals surface area contributed by atoms with Gasteiger partial charge in [0.25, 0.3) is 5.91 Å². The van der Waals surface area contributed by atoms with Gasteiger partial charge >= 0.3 is 5.97 Å². The third kappa shape index (κ3) is 6.21. The van der Waals surface area contributed by atoms with Crippen molar-refractivity contribution in [2.75, 3.05) is 13.7 Å². The van der Waals surface area contributed by atoms with Gasteiger partial charge in [-0.3, -0.25) is 10.0 Å². The number of benzene rings is 1. The Labute approximate surface area is 152 Å². The van der Waals surface area contributed by atoms with Gasteiger partial charge in [0, 0.05) is 6.42 Å². The first kappa shape index (κ1) is 21.2. The lowest BCUT2D eigenvalue weighted by Crippen LogP contribution is -2.47. The predicted molar refractivity (Wildman–Crippen MR) is 94.4 cm³/mol. The number of ether oxygens (including phenoxy) is 2. The molecular weight excluding hydrogens is 340 g/mol. The van der Waals surface area contributed by atoms with E-state index in [1.54, 1.807) is 24.3 Å². The number of hydrogen-bond donors (Lipinski definition) is 2. The number of allylic oxidation sites excluding steroid dienone is 1. The summed E-state index contributed by atoms with van der Waals surface area (Å²) >= 11 is 0. The molecular formula is C18H24N2O6. The quantitative estimate of drug-likeness (QED) is 0.183. The average Bonchev–Trinajstić information content (AvgIpc) is 2.64. The van der Waals surface area contributed by atoms with Crippen LogP contribution in [0.15, 0.2) is 41.1 Å². The molecule has 1 unspecified atom stereocenters. The van der Waals surface area contributed by atoms with Gasteiger partial charge in [0.2, 0.25) is 0 Å². The van der Waals surface area contributed by atoms with Crippen LogP contribution in [0.3, 0.4) is 0 Å². The van der Waals surface area contributed by atoms with Crippen LogP contribution in [0.4, 0.5) is 0 Å². The van der Waals surface area contributed by atoms with E-state index in [4.69, 9.17) is 9.94 Å². The number of carbonyl (C=O) groups is 2. The molecule has 1 atom stereocenters. The normalized spacial score (nSPS) is 12.1. The second-order valence-corrected chi connectivity index (χ2v) is 5.81. The van der Waals surface area contributed by atoms with Crippen molar-refractivity contribution in [1.82, 2.24) is 5.06 Å². The van der Waals surface area contributed by atoms with Gasteiger partial charge in [-0.25, -0.2) is 9.86 Å². The van der Waals surface area contributed by atoms with Crippen LogP contribution in [0.2, 0.25) is 0 Å². The second kappa shape index (κ2) is 10.2. The van der Waals surface area contributed by atoms with Gasteiger partial charge in [-0.15, -0.1) is 0 Å². The van der Waals surface area contributed by atoms with Crippen molar-refractivity contribution in [2.45, 2.75) is 33.2 Å². The Morgan fingerprint density at radius 1 is 1.23 bits per heavy atom. The molecule has 2 N–H and O–H groups in total. The van der Waals surface area contributed by atoms with Crippen LogP contribution in [-0.4, -0.2) is 52.8 Å². The number of carbonyl (C=O) groups excluding carboxylic acids is 2. The fourth-order valence-electron chi connectivity index (χ4n) is 2.01. The smallest absolute Gasteiger partial charge is 0.331 e. The number of hydroxylamine groups is 2. The van der Waals surface area contributed by atoms with E-state index in [2.05, 4.69) is 9.89 Å². The highest BCUT2D eigenvalue weighted by Gasteiger charge is 2.31. The van der Waals surface area contributed by atoms with E-state index in [9.17, 15) is 14.8 Å². The zero-order valence-corrected chi connectivity index (χ0v) is 15.3. The maximum atomic E-state index is 11.9. The van der Waals surface area contributed by atoms with Crippen molar-refractivity contribution < 1.29 is 29.5 Å². The van der Waals surface area contributed by atoms with E-state index >= 15 is 0 Å². The summed E-state index contributed by atoms with van der Waals surface area (Å²) in [6.07, 6.45) is 1.96. The van der Waals surface area contributed by atoms with Gasteiger partial charge in [0.1, 0.15) is 18.1 Å². The Morgan fingerprint density at radius 3 is 2.35 bits per heavy atom. The van der Waals surface area contributed by atoms with Crippen molar-refractivity contribution in [2.24, 2.45) is 5.16 Å². The summed E-state index contributed by atoms with van der Waals surface area (Å²) in [5, 5.41) is 21.6. The third-order valence-electron chi connectivity index (χ3n) is 3.53. The van der Waals surface area contributed by atoms with Gasteiger partial charge in [0.05, 0.1) is 7.11 Å². The molecule has 0 aromatic heterocycles. The molecule has 142 valence electrons. The minimum Gasteiger partial charge on any atom is -0.490 e. The Bertz CT molecular complexity index is 677. The monoisotopic (exact) mass is 364 g/mol. The summed E-state index contributed by atoms with van der Waals surface area (Å²) in [5.74, 6) is -1.14. The van der Waals surface area contributed by atoms with Gasteiger partial charge in [-0.2, -0.15) is 0 Å². The molecule has 0 heterocycles. The van der Waals surface area contributed by atoms with Crippen LogP contribution in [0.25, 0.3) is 0 Å². The lowest BCUT2D eigenvalue weighted by Gasteiger charge is -2.23. The minimum absolute atomic E-state index is 0.0157. The second-order valence-electron chi connectivity index (χ2n) is 5.81. The molecule has 0 saturated carbocycles. The molecule has 0 aliphatic rings. The number of rotatable bonds is 8. The molecule has 1 amide bonds. The van der Waals surface area contributed by atoms with E-state index in [1.807, 2.05) is 19.9 Å². The Hall–Kier alpha value is -2.87. The molecule has 0 aliphatic heterocycles. The Balaban J connectivity index is 2.87. The van der Waals surface area contributed by atoms with E-state index in [1.165, 1.54) is 6.92 Å². The molecule has 0 aliphatic carbocycles. The van der Waals surface area contributed by atoms with Crippen LogP contribution in [0.1, 0.15) is 26.3 Å². The first-order valence-corrected chi connectivity index (χ1v) is 7.94. The summed E-state index contributed by atoms with van der Waals surface area (Å²) in [7, 11) is 1.15. The lowest BCUT2D eigenvalue weighted by molar-refractivity contribution is -0.181. The maximum absolute atomic E-state index is 11.9. The fourth-order valence-corrected chi connectivity index (χ4v) is 2.01. The van der Waals surface area contributed by atoms with Crippen LogP contribution in [-0.2, 0) is 20.7 Å². The number of hydrogen-bond acceptors (Lipinski definition) is 7. The summed E-state index contributed by atoms with van der Waals surface area (Å²) in [4.78, 5) is 23.8. The third-order valence-corrected chi connectivity index (χ3v) is 3.53. The molecule has 8 heteroatoms. The molecule has 0 saturated heterocycles. The molecule has 1 rings (SSSR count). The zero-order valence-electron chi connectivity index (χ0n) is 15.3. The van der Waals surface area contributed by atoms with E-state index < -0.39 is 17.9 Å². The van der Waals surface area contributed by atoms with E-state index in [0.717, 1.165) is 12.7 Å². The van der Waals surface area contributed by atoms with Crippen molar-refractivity contribution in [3.63, 3.8) is 0 Å². The van der Waals surface area contributed by atoms with Crippen molar-refractivity contribution in [3.8, 4) is 5.75 Å². The average molecular weight is 364 g/mol. The van der Waals surface area contributed by atoms with Gasteiger partial charge in [-0.05, 0) is 44.5 Å². The minimum atomic E-state index is -1.28. The molecule has 8 nitrogen and oxygen atoms in total. The predicted octanol–water partition coefficient (Wildman–Crippen LogP) is 2.18.